The fraction of sp³-hybridized carbons (Fsp3) is 0.867. The third-order valence-electron chi connectivity index (χ3n) is 4.43. The van der Waals surface area contributed by atoms with Crippen LogP contribution in [0.5, 0.6) is 0 Å². The van der Waals surface area contributed by atoms with Crippen molar-refractivity contribution in [1.82, 2.24) is 9.80 Å². The summed E-state index contributed by atoms with van der Waals surface area (Å²) >= 11 is 0. The third-order valence-corrected chi connectivity index (χ3v) is 4.43. The zero-order valence-electron chi connectivity index (χ0n) is 12.8. The Morgan fingerprint density at radius 1 is 1.19 bits per heavy atom. The Bertz CT molecular complexity index is 361. The molecule has 1 aliphatic heterocycles. The number of ether oxygens (including phenoxy) is 1. The Morgan fingerprint density at radius 3 is 2.43 bits per heavy atom. The smallest absolute Gasteiger partial charge is 0.304 e. The van der Waals surface area contributed by atoms with Crippen molar-refractivity contribution in [1.29, 1.82) is 0 Å². The van der Waals surface area contributed by atoms with E-state index in [2.05, 4.69) is 4.90 Å². The molecule has 21 heavy (non-hydrogen) atoms. The van der Waals surface area contributed by atoms with E-state index >= 15 is 0 Å². The molecule has 1 aliphatic carbocycles. The monoisotopic (exact) mass is 298 g/mol. The number of hydrogen-bond donors (Lipinski definition) is 1. The topological polar surface area (TPSA) is 70.1 Å². The number of hydrogen-bond acceptors (Lipinski definition) is 4. The van der Waals surface area contributed by atoms with E-state index in [0.29, 0.717) is 25.0 Å². The van der Waals surface area contributed by atoms with Crippen molar-refractivity contribution in [3.63, 3.8) is 0 Å². The molecule has 2 rings (SSSR count). The Hall–Kier alpha value is -1.14. The van der Waals surface area contributed by atoms with Gasteiger partial charge in [-0.1, -0.05) is 0 Å². The molecule has 6 nitrogen and oxygen atoms in total. The van der Waals surface area contributed by atoms with E-state index in [-0.39, 0.29) is 12.3 Å². The average Bonchev–Trinajstić information content (AvgIpc) is 2.43. The van der Waals surface area contributed by atoms with E-state index in [9.17, 15) is 9.59 Å². The molecule has 0 bridgehead atoms. The van der Waals surface area contributed by atoms with E-state index in [1.807, 2.05) is 11.8 Å². The van der Waals surface area contributed by atoms with Crippen LogP contribution >= 0.6 is 0 Å². The maximum Gasteiger partial charge on any atom is 0.304 e. The molecule has 0 aromatic carbocycles. The van der Waals surface area contributed by atoms with E-state index < -0.39 is 5.97 Å². The summed E-state index contributed by atoms with van der Waals surface area (Å²) in [6, 6.07) is 0. The minimum atomic E-state index is -0.762. The Morgan fingerprint density at radius 2 is 1.86 bits per heavy atom. The number of carbonyl (C=O) groups excluding carboxylic acids is 1. The number of piperazine rings is 1. The number of aliphatic carboxylic acids is 1. The Balaban J connectivity index is 1.61. The highest BCUT2D eigenvalue weighted by Crippen LogP contribution is 2.33. The number of carboxylic acids is 1. The largest absolute Gasteiger partial charge is 0.481 e. The zero-order valence-corrected chi connectivity index (χ0v) is 12.8. The fourth-order valence-corrected chi connectivity index (χ4v) is 3.06. The lowest BCUT2D eigenvalue weighted by atomic mass is 9.79. The number of carboxylic acid groups (broad SMARTS) is 1. The molecule has 0 spiro atoms. The Kier molecular flexibility index (Phi) is 5.99. The summed E-state index contributed by atoms with van der Waals surface area (Å²) in [5.74, 6) is -0.0331. The first-order chi connectivity index (χ1) is 10.1. The second-order valence-electron chi connectivity index (χ2n) is 5.99. The van der Waals surface area contributed by atoms with Crippen LogP contribution in [0, 0.1) is 5.92 Å². The van der Waals surface area contributed by atoms with Crippen molar-refractivity contribution in [3.8, 4) is 0 Å². The van der Waals surface area contributed by atoms with Gasteiger partial charge in [-0.3, -0.25) is 14.5 Å². The number of rotatable bonds is 7. The second kappa shape index (κ2) is 7.75. The first-order valence-corrected chi connectivity index (χ1v) is 7.92. The van der Waals surface area contributed by atoms with Crippen LogP contribution in [0.25, 0.3) is 0 Å². The predicted octanol–water partition coefficient (Wildman–Crippen LogP) is 0.811. The van der Waals surface area contributed by atoms with Gasteiger partial charge in [-0.05, 0) is 25.7 Å². The Labute approximate surface area is 126 Å². The van der Waals surface area contributed by atoms with Crippen LogP contribution in [0.4, 0.5) is 0 Å². The first kappa shape index (κ1) is 16.2. The van der Waals surface area contributed by atoms with Crippen LogP contribution in [-0.4, -0.2) is 72.2 Å². The molecule has 0 aromatic rings. The minimum absolute atomic E-state index is 0.175. The summed E-state index contributed by atoms with van der Waals surface area (Å²) in [7, 11) is 0. The van der Waals surface area contributed by atoms with Crippen LogP contribution in [-0.2, 0) is 14.3 Å². The van der Waals surface area contributed by atoms with Gasteiger partial charge in [0.2, 0.25) is 5.91 Å². The molecule has 2 fully saturated rings. The highest BCUT2D eigenvalue weighted by Gasteiger charge is 2.32. The molecular weight excluding hydrogens is 272 g/mol. The molecule has 1 amide bonds. The summed E-state index contributed by atoms with van der Waals surface area (Å²) in [5, 5.41) is 8.68. The molecule has 1 saturated heterocycles. The van der Waals surface area contributed by atoms with Gasteiger partial charge in [0.25, 0.3) is 0 Å². The zero-order chi connectivity index (χ0) is 15.2. The molecule has 0 atom stereocenters. The van der Waals surface area contributed by atoms with Crippen molar-refractivity contribution in [2.24, 2.45) is 5.92 Å². The molecule has 0 radical (unpaired) electrons. The number of amides is 1. The van der Waals surface area contributed by atoms with Gasteiger partial charge in [-0.2, -0.15) is 0 Å². The number of nitrogens with zero attached hydrogens (tertiary/aromatic N) is 2. The molecule has 1 saturated carbocycles. The molecule has 1 heterocycles. The lowest BCUT2D eigenvalue weighted by Gasteiger charge is -2.38. The fourth-order valence-electron chi connectivity index (χ4n) is 3.06. The third kappa shape index (κ3) is 4.97. The highest BCUT2D eigenvalue weighted by atomic mass is 16.5. The lowest BCUT2D eigenvalue weighted by Crippen LogP contribution is -2.49. The molecular formula is C15H26N2O4. The van der Waals surface area contributed by atoms with E-state index in [0.717, 1.165) is 45.6 Å². The standard InChI is InChI=1S/C15H26N2O4/c1-2-21-13-9-12(10-13)11-14(18)17-7-5-16(6-8-17)4-3-15(19)20/h12-13H,2-11H2,1H3,(H,19,20). The van der Waals surface area contributed by atoms with Crippen molar-refractivity contribution in [2.75, 3.05) is 39.3 Å². The number of carbonyl (C=O) groups is 2. The summed E-state index contributed by atoms with van der Waals surface area (Å²) in [5.41, 5.74) is 0. The summed E-state index contributed by atoms with van der Waals surface area (Å²) in [4.78, 5) is 26.8. The highest BCUT2D eigenvalue weighted by molar-refractivity contribution is 5.76. The van der Waals surface area contributed by atoms with Crippen LogP contribution in [0.1, 0.15) is 32.6 Å². The summed E-state index contributed by atoms with van der Waals surface area (Å²) in [6.07, 6.45) is 3.20. The minimum Gasteiger partial charge on any atom is -0.481 e. The van der Waals surface area contributed by atoms with Gasteiger partial charge in [0.1, 0.15) is 0 Å². The van der Waals surface area contributed by atoms with Gasteiger partial charge in [0.15, 0.2) is 0 Å². The van der Waals surface area contributed by atoms with E-state index in [1.54, 1.807) is 0 Å². The van der Waals surface area contributed by atoms with Gasteiger partial charge in [-0.15, -0.1) is 0 Å². The SMILES string of the molecule is CCOC1CC(CC(=O)N2CCN(CCC(=O)O)CC2)C1. The molecule has 2 aliphatic rings. The molecule has 1 N–H and O–H groups in total. The van der Waals surface area contributed by atoms with Gasteiger partial charge < -0.3 is 14.7 Å². The van der Waals surface area contributed by atoms with Crippen molar-refractivity contribution >= 4 is 11.9 Å². The van der Waals surface area contributed by atoms with Crippen molar-refractivity contribution in [2.45, 2.75) is 38.7 Å². The summed E-state index contributed by atoms with van der Waals surface area (Å²) < 4.78 is 5.52. The maximum absolute atomic E-state index is 12.2. The quantitative estimate of drug-likeness (QED) is 0.753. The maximum atomic E-state index is 12.2. The van der Waals surface area contributed by atoms with E-state index in [1.165, 1.54) is 0 Å². The van der Waals surface area contributed by atoms with Gasteiger partial charge in [0, 0.05) is 45.8 Å². The normalized spacial score (nSPS) is 26.4. The van der Waals surface area contributed by atoms with Crippen LogP contribution in [0.3, 0.4) is 0 Å². The molecule has 120 valence electrons. The van der Waals surface area contributed by atoms with Gasteiger partial charge >= 0.3 is 5.97 Å². The van der Waals surface area contributed by atoms with Crippen LogP contribution in [0.2, 0.25) is 0 Å². The molecule has 6 heteroatoms. The van der Waals surface area contributed by atoms with Gasteiger partial charge in [-0.25, -0.2) is 0 Å². The molecule has 0 unspecified atom stereocenters. The van der Waals surface area contributed by atoms with Crippen LogP contribution < -0.4 is 0 Å². The van der Waals surface area contributed by atoms with Gasteiger partial charge in [0.05, 0.1) is 12.5 Å². The van der Waals surface area contributed by atoms with Crippen molar-refractivity contribution in [3.05, 3.63) is 0 Å². The molecule has 0 aromatic heterocycles. The van der Waals surface area contributed by atoms with Crippen molar-refractivity contribution < 1.29 is 19.4 Å². The predicted molar refractivity (Wildman–Crippen MR) is 78.0 cm³/mol. The van der Waals surface area contributed by atoms with Crippen LogP contribution in [0.15, 0.2) is 0 Å². The first-order valence-electron chi connectivity index (χ1n) is 7.92. The lowest BCUT2D eigenvalue weighted by molar-refractivity contribution is -0.139. The average molecular weight is 298 g/mol. The van der Waals surface area contributed by atoms with E-state index in [4.69, 9.17) is 9.84 Å². The summed E-state index contributed by atoms with van der Waals surface area (Å²) in [6.45, 7) is 6.35. The second-order valence-corrected chi connectivity index (χ2v) is 5.99.